The third-order valence-corrected chi connectivity index (χ3v) is 3.93. The van der Waals surface area contributed by atoms with E-state index in [1.165, 1.54) is 6.07 Å². The minimum atomic E-state index is -0.103. The number of carbonyl (C=O) groups is 1. The number of methoxy groups -OCH3 is 1. The van der Waals surface area contributed by atoms with Gasteiger partial charge in [-0.05, 0) is 44.4 Å². The first-order chi connectivity index (χ1) is 9.08. The molecule has 1 aromatic carbocycles. The van der Waals surface area contributed by atoms with Gasteiger partial charge in [0.05, 0.1) is 12.7 Å². The number of amides is 1. The van der Waals surface area contributed by atoms with E-state index in [1.54, 1.807) is 19.2 Å². The number of ether oxygens (including phenoxy) is 1. The number of carbonyl (C=O) groups excluding carboxylic acids is 1. The molecule has 0 spiro atoms. The molecule has 4 nitrogen and oxygen atoms in total. The van der Waals surface area contributed by atoms with Gasteiger partial charge in [-0.25, -0.2) is 0 Å². The lowest BCUT2D eigenvalue weighted by atomic mass is 10.1. The lowest BCUT2D eigenvalue weighted by molar-refractivity contribution is 0.0673. The van der Waals surface area contributed by atoms with Crippen LogP contribution in [0, 0.1) is 0 Å². The van der Waals surface area contributed by atoms with Gasteiger partial charge in [0, 0.05) is 12.1 Å². The van der Waals surface area contributed by atoms with Gasteiger partial charge in [0.15, 0.2) is 0 Å². The zero-order chi connectivity index (χ0) is 14.0. The van der Waals surface area contributed by atoms with Crippen molar-refractivity contribution in [1.29, 1.82) is 0 Å². The second-order valence-corrected chi connectivity index (χ2v) is 5.08. The van der Waals surface area contributed by atoms with Crippen molar-refractivity contribution in [2.24, 2.45) is 0 Å². The van der Waals surface area contributed by atoms with E-state index in [2.05, 4.69) is 13.8 Å². The van der Waals surface area contributed by atoms with Gasteiger partial charge in [0.25, 0.3) is 5.91 Å². The van der Waals surface area contributed by atoms with Crippen molar-refractivity contribution in [2.75, 3.05) is 7.11 Å². The van der Waals surface area contributed by atoms with Gasteiger partial charge in [-0.2, -0.15) is 0 Å². The summed E-state index contributed by atoms with van der Waals surface area (Å²) in [4.78, 5) is 14.5. The molecule has 4 heteroatoms. The van der Waals surface area contributed by atoms with Crippen molar-refractivity contribution in [3.63, 3.8) is 0 Å². The molecule has 2 unspecified atom stereocenters. The zero-order valence-electron chi connectivity index (χ0n) is 11.7. The molecule has 0 bridgehead atoms. The van der Waals surface area contributed by atoms with Gasteiger partial charge in [0.2, 0.25) is 0 Å². The van der Waals surface area contributed by atoms with Crippen LogP contribution >= 0.6 is 0 Å². The summed E-state index contributed by atoms with van der Waals surface area (Å²) >= 11 is 0. The first-order valence-corrected chi connectivity index (χ1v) is 6.78. The summed E-state index contributed by atoms with van der Waals surface area (Å²) in [6.45, 7) is 4.15. The van der Waals surface area contributed by atoms with E-state index in [0.29, 0.717) is 11.3 Å². The van der Waals surface area contributed by atoms with E-state index < -0.39 is 0 Å². The number of likely N-dealkylation sites (tertiary alicyclic amines) is 1. The fourth-order valence-electron chi connectivity index (χ4n) is 2.79. The molecule has 2 atom stereocenters. The molecule has 1 heterocycles. The Morgan fingerprint density at radius 1 is 1.47 bits per heavy atom. The minimum Gasteiger partial charge on any atom is -0.507 e. The molecular weight excluding hydrogens is 242 g/mol. The second kappa shape index (κ2) is 5.51. The van der Waals surface area contributed by atoms with Crippen LogP contribution in [0.4, 0.5) is 0 Å². The summed E-state index contributed by atoms with van der Waals surface area (Å²) < 4.78 is 5.12. The fourth-order valence-corrected chi connectivity index (χ4v) is 2.79. The predicted molar refractivity (Wildman–Crippen MR) is 73.6 cm³/mol. The predicted octanol–water partition coefficient (Wildman–Crippen LogP) is 2.80. The van der Waals surface area contributed by atoms with Gasteiger partial charge in [0.1, 0.15) is 11.5 Å². The first kappa shape index (κ1) is 13.7. The summed E-state index contributed by atoms with van der Waals surface area (Å²) in [5.41, 5.74) is 0.326. The Morgan fingerprint density at radius 2 is 2.21 bits per heavy atom. The Bertz CT molecular complexity index is 472. The van der Waals surface area contributed by atoms with Crippen molar-refractivity contribution in [2.45, 2.75) is 45.2 Å². The lowest BCUT2D eigenvalue weighted by Gasteiger charge is -2.28. The third-order valence-electron chi connectivity index (χ3n) is 3.93. The van der Waals surface area contributed by atoms with Gasteiger partial charge >= 0.3 is 0 Å². The van der Waals surface area contributed by atoms with Crippen LogP contribution in [0.15, 0.2) is 18.2 Å². The van der Waals surface area contributed by atoms with Crippen LogP contribution < -0.4 is 4.74 Å². The highest BCUT2D eigenvalue weighted by atomic mass is 16.5. The smallest absolute Gasteiger partial charge is 0.258 e. The SMILES string of the molecule is CCC1CCC(C)N1C(=O)c1cc(OC)ccc1O. The summed E-state index contributed by atoms with van der Waals surface area (Å²) in [5.74, 6) is 0.494. The highest BCUT2D eigenvalue weighted by Crippen LogP contribution is 2.31. The summed E-state index contributed by atoms with van der Waals surface area (Å²) in [7, 11) is 1.55. The average Bonchev–Trinajstić information content (AvgIpc) is 2.79. The molecule has 1 saturated heterocycles. The standard InChI is InChI=1S/C15H21NO3/c1-4-11-6-5-10(2)16(11)15(18)13-9-12(19-3)7-8-14(13)17/h7-11,17H,4-6H2,1-3H3. The van der Waals surface area contributed by atoms with Crippen molar-refractivity contribution in [3.8, 4) is 11.5 Å². The maximum atomic E-state index is 12.6. The van der Waals surface area contributed by atoms with E-state index in [1.807, 2.05) is 4.90 Å². The second-order valence-electron chi connectivity index (χ2n) is 5.08. The molecule has 0 saturated carbocycles. The normalized spacial score (nSPS) is 22.6. The van der Waals surface area contributed by atoms with E-state index in [4.69, 9.17) is 4.74 Å². The number of hydrogen-bond acceptors (Lipinski definition) is 3. The Hall–Kier alpha value is -1.71. The number of hydrogen-bond donors (Lipinski definition) is 1. The molecule has 2 rings (SSSR count). The van der Waals surface area contributed by atoms with Gasteiger partial charge in [-0.3, -0.25) is 4.79 Å². The molecule has 19 heavy (non-hydrogen) atoms. The van der Waals surface area contributed by atoms with Crippen molar-refractivity contribution in [3.05, 3.63) is 23.8 Å². The highest BCUT2D eigenvalue weighted by molar-refractivity contribution is 5.97. The van der Waals surface area contributed by atoms with Crippen LogP contribution in [-0.2, 0) is 0 Å². The van der Waals surface area contributed by atoms with Crippen molar-refractivity contribution < 1.29 is 14.6 Å². The molecule has 0 radical (unpaired) electrons. The first-order valence-electron chi connectivity index (χ1n) is 6.78. The molecule has 1 N–H and O–H groups in total. The molecule has 1 amide bonds. The minimum absolute atomic E-state index is 0.0137. The molecule has 1 aliphatic rings. The van der Waals surface area contributed by atoms with Crippen LogP contribution in [0.25, 0.3) is 0 Å². The van der Waals surface area contributed by atoms with Crippen molar-refractivity contribution in [1.82, 2.24) is 4.90 Å². The molecular formula is C15H21NO3. The van der Waals surface area contributed by atoms with Crippen LogP contribution in [0.2, 0.25) is 0 Å². The van der Waals surface area contributed by atoms with Gasteiger partial charge in [-0.15, -0.1) is 0 Å². The summed E-state index contributed by atoms with van der Waals surface area (Å²) in [6, 6.07) is 5.26. The number of phenols is 1. The maximum Gasteiger partial charge on any atom is 0.258 e. The average molecular weight is 263 g/mol. The van der Waals surface area contributed by atoms with E-state index in [0.717, 1.165) is 19.3 Å². The molecule has 1 fully saturated rings. The van der Waals surface area contributed by atoms with Gasteiger partial charge in [-0.1, -0.05) is 6.92 Å². The molecule has 0 aromatic heterocycles. The number of rotatable bonds is 3. The fraction of sp³-hybridized carbons (Fsp3) is 0.533. The Balaban J connectivity index is 2.33. The van der Waals surface area contributed by atoms with Crippen molar-refractivity contribution >= 4 is 5.91 Å². The third kappa shape index (κ3) is 2.53. The number of aromatic hydroxyl groups is 1. The van der Waals surface area contributed by atoms with Crippen LogP contribution in [0.1, 0.15) is 43.5 Å². The highest BCUT2D eigenvalue weighted by Gasteiger charge is 2.34. The molecule has 1 aromatic rings. The quantitative estimate of drug-likeness (QED) is 0.912. The van der Waals surface area contributed by atoms with Crippen LogP contribution in [-0.4, -0.2) is 35.1 Å². The summed E-state index contributed by atoms with van der Waals surface area (Å²) in [6.07, 6.45) is 3.00. The number of phenolic OH excluding ortho intramolecular Hbond substituents is 1. The Morgan fingerprint density at radius 3 is 2.84 bits per heavy atom. The van der Waals surface area contributed by atoms with Crippen LogP contribution in [0.5, 0.6) is 11.5 Å². The van der Waals surface area contributed by atoms with E-state index in [-0.39, 0.29) is 23.7 Å². The zero-order valence-corrected chi connectivity index (χ0v) is 11.7. The number of benzene rings is 1. The van der Waals surface area contributed by atoms with Gasteiger partial charge < -0.3 is 14.7 Å². The maximum absolute atomic E-state index is 12.6. The lowest BCUT2D eigenvalue weighted by Crippen LogP contribution is -2.39. The molecule has 104 valence electrons. The monoisotopic (exact) mass is 263 g/mol. The van der Waals surface area contributed by atoms with Crippen LogP contribution in [0.3, 0.4) is 0 Å². The summed E-state index contributed by atoms with van der Waals surface area (Å²) in [5, 5.41) is 9.90. The largest absolute Gasteiger partial charge is 0.507 e. The molecule has 1 aliphatic heterocycles. The topological polar surface area (TPSA) is 49.8 Å². The number of nitrogens with zero attached hydrogens (tertiary/aromatic N) is 1. The molecule has 0 aliphatic carbocycles. The van der Waals surface area contributed by atoms with E-state index in [9.17, 15) is 9.90 Å². The Labute approximate surface area is 114 Å². The Kier molecular flexibility index (Phi) is 3.98. The van der Waals surface area contributed by atoms with E-state index >= 15 is 0 Å².